The maximum absolute atomic E-state index is 9.84. The lowest BCUT2D eigenvalue weighted by Crippen LogP contribution is -2.35. The standard InChI is InChI=1S/C16H27NO3/c1-12(2)10-19-15-7-5-6-8-16(15)20-11-14(18)9-17-13(3)4/h5-8,12-14,17-18H,9-11H2,1-4H3. The number of aliphatic hydroxyl groups excluding tert-OH is 1. The van der Waals surface area contributed by atoms with Crippen molar-refractivity contribution in [3.05, 3.63) is 24.3 Å². The molecule has 0 aromatic heterocycles. The number of nitrogens with one attached hydrogen (secondary N) is 1. The lowest BCUT2D eigenvalue weighted by molar-refractivity contribution is 0.102. The Morgan fingerprint density at radius 3 is 2.05 bits per heavy atom. The van der Waals surface area contributed by atoms with Gasteiger partial charge in [-0.15, -0.1) is 0 Å². The van der Waals surface area contributed by atoms with Crippen molar-refractivity contribution in [1.82, 2.24) is 5.32 Å². The molecule has 4 nitrogen and oxygen atoms in total. The summed E-state index contributed by atoms with van der Waals surface area (Å²) in [6.45, 7) is 9.72. The quantitative estimate of drug-likeness (QED) is 0.730. The van der Waals surface area contributed by atoms with Gasteiger partial charge in [-0.3, -0.25) is 0 Å². The Bertz CT molecular complexity index is 380. The van der Waals surface area contributed by atoms with Gasteiger partial charge in [0.05, 0.1) is 6.61 Å². The van der Waals surface area contributed by atoms with E-state index in [4.69, 9.17) is 9.47 Å². The van der Waals surface area contributed by atoms with Crippen molar-refractivity contribution in [1.29, 1.82) is 0 Å². The first-order valence-corrected chi connectivity index (χ1v) is 7.25. The Balaban J connectivity index is 2.46. The molecule has 0 heterocycles. The number of hydrogen-bond donors (Lipinski definition) is 2. The molecule has 1 aromatic carbocycles. The van der Waals surface area contributed by atoms with Gasteiger partial charge in [-0.05, 0) is 18.1 Å². The maximum atomic E-state index is 9.84. The average molecular weight is 281 g/mol. The van der Waals surface area contributed by atoms with E-state index in [0.717, 1.165) is 5.75 Å². The van der Waals surface area contributed by atoms with Crippen LogP contribution in [0.3, 0.4) is 0 Å². The minimum atomic E-state index is -0.532. The van der Waals surface area contributed by atoms with Gasteiger partial charge >= 0.3 is 0 Å². The van der Waals surface area contributed by atoms with Crippen molar-refractivity contribution in [3.8, 4) is 11.5 Å². The molecule has 0 aliphatic rings. The second-order valence-electron chi connectivity index (χ2n) is 5.68. The third-order valence-corrected chi connectivity index (χ3v) is 2.61. The maximum Gasteiger partial charge on any atom is 0.161 e. The Morgan fingerprint density at radius 2 is 1.55 bits per heavy atom. The first-order valence-electron chi connectivity index (χ1n) is 7.25. The second-order valence-corrected chi connectivity index (χ2v) is 5.68. The summed E-state index contributed by atoms with van der Waals surface area (Å²) in [6, 6.07) is 7.91. The predicted molar refractivity (Wildman–Crippen MR) is 81.4 cm³/mol. The van der Waals surface area contributed by atoms with Crippen molar-refractivity contribution < 1.29 is 14.6 Å². The van der Waals surface area contributed by atoms with Crippen LogP contribution in [0.15, 0.2) is 24.3 Å². The summed E-state index contributed by atoms with van der Waals surface area (Å²) in [7, 11) is 0. The molecule has 1 atom stereocenters. The van der Waals surface area contributed by atoms with Crippen molar-refractivity contribution in [2.24, 2.45) is 5.92 Å². The van der Waals surface area contributed by atoms with Gasteiger partial charge in [0.15, 0.2) is 11.5 Å². The zero-order valence-corrected chi connectivity index (χ0v) is 12.9. The van der Waals surface area contributed by atoms with E-state index in [-0.39, 0.29) is 6.61 Å². The zero-order valence-electron chi connectivity index (χ0n) is 12.9. The Hall–Kier alpha value is -1.26. The van der Waals surface area contributed by atoms with Crippen LogP contribution >= 0.6 is 0 Å². The van der Waals surface area contributed by atoms with E-state index in [1.807, 2.05) is 38.1 Å². The zero-order chi connectivity index (χ0) is 15.0. The number of hydrogen-bond acceptors (Lipinski definition) is 4. The fourth-order valence-corrected chi connectivity index (χ4v) is 1.56. The summed E-state index contributed by atoms with van der Waals surface area (Å²) in [6.07, 6.45) is -0.532. The van der Waals surface area contributed by atoms with Gasteiger partial charge in [0.25, 0.3) is 0 Å². The van der Waals surface area contributed by atoms with Gasteiger partial charge in [-0.25, -0.2) is 0 Å². The molecule has 0 aliphatic heterocycles. The molecule has 0 bridgehead atoms. The molecular weight excluding hydrogens is 254 g/mol. The van der Waals surface area contributed by atoms with Crippen LogP contribution in [0.5, 0.6) is 11.5 Å². The van der Waals surface area contributed by atoms with Crippen molar-refractivity contribution in [2.75, 3.05) is 19.8 Å². The van der Waals surface area contributed by atoms with E-state index in [9.17, 15) is 5.11 Å². The van der Waals surface area contributed by atoms with Crippen LogP contribution in [0.25, 0.3) is 0 Å². The lowest BCUT2D eigenvalue weighted by atomic mass is 10.2. The summed E-state index contributed by atoms with van der Waals surface area (Å²) in [5.41, 5.74) is 0. The highest BCUT2D eigenvalue weighted by atomic mass is 16.5. The van der Waals surface area contributed by atoms with E-state index in [1.165, 1.54) is 0 Å². The molecule has 0 amide bonds. The van der Waals surface area contributed by atoms with Gasteiger partial charge in [-0.2, -0.15) is 0 Å². The molecule has 0 saturated heterocycles. The molecule has 0 spiro atoms. The molecule has 20 heavy (non-hydrogen) atoms. The third-order valence-electron chi connectivity index (χ3n) is 2.61. The SMILES string of the molecule is CC(C)COc1ccccc1OCC(O)CNC(C)C. The molecule has 1 rings (SSSR count). The van der Waals surface area contributed by atoms with Gasteiger partial charge in [0, 0.05) is 12.6 Å². The molecule has 1 aromatic rings. The number of benzene rings is 1. The van der Waals surface area contributed by atoms with Crippen molar-refractivity contribution in [3.63, 3.8) is 0 Å². The van der Waals surface area contributed by atoms with E-state index >= 15 is 0 Å². The van der Waals surface area contributed by atoms with E-state index < -0.39 is 6.10 Å². The molecule has 0 radical (unpaired) electrons. The summed E-state index contributed by atoms with van der Waals surface area (Å²) < 4.78 is 11.4. The number of para-hydroxylation sites is 2. The van der Waals surface area contributed by atoms with E-state index in [0.29, 0.717) is 30.9 Å². The molecule has 1 unspecified atom stereocenters. The Kier molecular flexibility index (Phi) is 7.41. The molecular formula is C16H27NO3. The van der Waals surface area contributed by atoms with Crippen LogP contribution < -0.4 is 14.8 Å². The van der Waals surface area contributed by atoms with Gasteiger partial charge in [-0.1, -0.05) is 39.8 Å². The van der Waals surface area contributed by atoms with Gasteiger partial charge in [0.2, 0.25) is 0 Å². The van der Waals surface area contributed by atoms with E-state index in [1.54, 1.807) is 0 Å². The van der Waals surface area contributed by atoms with Crippen LogP contribution in [0.4, 0.5) is 0 Å². The Morgan fingerprint density at radius 1 is 1.00 bits per heavy atom. The normalized spacial score (nSPS) is 12.8. The fourth-order valence-electron chi connectivity index (χ4n) is 1.56. The summed E-state index contributed by atoms with van der Waals surface area (Å²) in [4.78, 5) is 0. The van der Waals surface area contributed by atoms with Gasteiger partial charge in [0.1, 0.15) is 12.7 Å². The fraction of sp³-hybridized carbons (Fsp3) is 0.625. The Labute approximate surface area is 122 Å². The van der Waals surface area contributed by atoms with Crippen LogP contribution in [0.1, 0.15) is 27.7 Å². The number of rotatable bonds is 9. The van der Waals surface area contributed by atoms with Crippen LogP contribution in [-0.4, -0.2) is 37.0 Å². The average Bonchev–Trinajstić information content (AvgIpc) is 2.41. The molecule has 114 valence electrons. The molecule has 2 N–H and O–H groups in total. The van der Waals surface area contributed by atoms with Gasteiger partial charge < -0.3 is 19.9 Å². The lowest BCUT2D eigenvalue weighted by Gasteiger charge is -2.17. The largest absolute Gasteiger partial charge is 0.489 e. The minimum absolute atomic E-state index is 0.252. The summed E-state index contributed by atoms with van der Waals surface area (Å²) in [5, 5.41) is 13.0. The minimum Gasteiger partial charge on any atom is -0.489 e. The molecule has 0 aliphatic carbocycles. The van der Waals surface area contributed by atoms with Crippen LogP contribution in [-0.2, 0) is 0 Å². The molecule has 0 fully saturated rings. The first-order chi connectivity index (χ1) is 9.49. The van der Waals surface area contributed by atoms with Crippen LogP contribution in [0, 0.1) is 5.92 Å². The predicted octanol–water partition coefficient (Wildman–Crippen LogP) is 2.46. The van der Waals surface area contributed by atoms with E-state index in [2.05, 4.69) is 19.2 Å². The highest BCUT2D eigenvalue weighted by Gasteiger charge is 2.09. The smallest absolute Gasteiger partial charge is 0.161 e. The number of aliphatic hydroxyl groups is 1. The molecule has 4 heteroatoms. The topological polar surface area (TPSA) is 50.7 Å². The number of ether oxygens (including phenoxy) is 2. The third kappa shape index (κ3) is 6.78. The first kappa shape index (κ1) is 16.8. The van der Waals surface area contributed by atoms with Crippen LogP contribution in [0.2, 0.25) is 0 Å². The highest BCUT2D eigenvalue weighted by Crippen LogP contribution is 2.26. The highest BCUT2D eigenvalue weighted by molar-refractivity contribution is 5.39. The molecule has 0 saturated carbocycles. The summed E-state index contributed by atoms with van der Waals surface area (Å²) >= 11 is 0. The monoisotopic (exact) mass is 281 g/mol. The second kappa shape index (κ2) is 8.82. The summed E-state index contributed by atoms with van der Waals surface area (Å²) in [5.74, 6) is 1.87. The van der Waals surface area contributed by atoms with Crippen molar-refractivity contribution >= 4 is 0 Å². The van der Waals surface area contributed by atoms with Crippen molar-refractivity contribution in [2.45, 2.75) is 39.8 Å².